The van der Waals surface area contributed by atoms with Crippen molar-refractivity contribution in [1.29, 1.82) is 0 Å². The zero-order valence-electron chi connectivity index (χ0n) is 13.9. The molecule has 25 heavy (non-hydrogen) atoms. The summed E-state index contributed by atoms with van der Waals surface area (Å²) in [6, 6.07) is 5.02. The van der Waals surface area contributed by atoms with E-state index in [1.807, 2.05) is 5.43 Å². The molecule has 0 bridgehead atoms. The Labute approximate surface area is 147 Å². The molecule has 0 saturated carbocycles. The first kappa shape index (κ1) is 18.5. The second kappa shape index (κ2) is 7.81. The molecule has 132 valence electrons. The minimum Gasteiger partial charge on any atom is -0.355 e. The van der Waals surface area contributed by atoms with E-state index in [4.69, 9.17) is 5.84 Å². The normalized spacial score (nSPS) is 10.2. The number of nitrogen functional groups attached to an aromatic ring is 1. The van der Waals surface area contributed by atoms with Gasteiger partial charge in [-0.05, 0) is 36.9 Å². The van der Waals surface area contributed by atoms with E-state index in [9.17, 15) is 14.4 Å². The number of aromatic nitrogens is 2. The van der Waals surface area contributed by atoms with Crippen LogP contribution in [0.1, 0.15) is 26.3 Å². The summed E-state index contributed by atoms with van der Waals surface area (Å²) in [6.45, 7) is 1.78. The number of nitrogens with one attached hydrogen (secondary N) is 4. The van der Waals surface area contributed by atoms with Crippen molar-refractivity contribution in [2.75, 3.05) is 18.6 Å². The minimum atomic E-state index is -0.761. The fourth-order valence-electron chi connectivity index (χ4n) is 2.19. The molecule has 10 heteroatoms. The predicted octanol–water partition coefficient (Wildman–Crippen LogP) is 0.507. The Hall–Kier alpha value is -2.85. The second-order valence-corrected chi connectivity index (χ2v) is 5.80. The van der Waals surface area contributed by atoms with Crippen molar-refractivity contribution < 1.29 is 9.59 Å². The third-order valence-corrected chi connectivity index (χ3v) is 3.99. The Balaban J connectivity index is 2.47. The number of carbonyl (C=O) groups excluding carboxylic acids is 2. The number of H-pyrrole nitrogens is 1. The highest BCUT2D eigenvalue weighted by molar-refractivity contribution is 7.98. The van der Waals surface area contributed by atoms with Gasteiger partial charge in [-0.15, -0.1) is 0 Å². The van der Waals surface area contributed by atoms with Crippen molar-refractivity contribution in [3.8, 4) is 0 Å². The zero-order valence-corrected chi connectivity index (χ0v) is 14.7. The number of hydrogen-bond donors (Lipinski definition) is 5. The lowest BCUT2D eigenvalue weighted by molar-refractivity contribution is 0.0948. The van der Waals surface area contributed by atoms with Crippen LogP contribution in [-0.2, 0) is 0 Å². The summed E-state index contributed by atoms with van der Waals surface area (Å²) in [5.41, 5.74) is 2.92. The quantitative estimate of drug-likeness (QED) is 0.171. The van der Waals surface area contributed by atoms with E-state index in [1.165, 1.54) is 11.8 Å². The number of nitrogens with two attached hydrogens (primary N) is 1. The van der Waals surface area contributed by atoms with E-state index in [0.717, 1.165) is 5.56 Å². The molecule has 2 rings (SSSR count). The molecule has 2 amide bonds. The number of anilines is 2. The van der Waals surface area contributed by atoms with E-state index in [1.54, 1.807) is 38.4 Å². The van der Waals surface area contributed by atoms with Gasteiger partial charge in [-0.25, -0.2) is 10.8 Å². The summed E-state index contributed by atoms with van der Waals surface area (Å²) in [5, 5.41) is 5.84. The van der Waals surface area contributed by atoms with Crippen LogP contribution in [0.4, 0.5) is 11.5 Å². The molecule has 0 atom stereocenters. The van der Waals surface area contributed by atoms with Gasteiger partial charge in [0.25, 0.3) is 17.4 Å². The van der Waals surface area contributed by atoms with E-state index in [2.05, 4.69) is 20.6 Å². The molecule has 0 aliphatic carbocycles. The lowest BCUT2D eigenvalue weighted by Crippen LogP contribution is -2.35. The average Bonchev–Trinajstić information content (AvgIpc) is 2.60. The average molecular weight is 362 g/mol. The SMILES string of the molecule is CNC(=O)c1ccc(Nc2nc(SC)[nH]c(=O)c2C(=O)NN)cc1C. The summed E-state index contributed by atoms with van der Waals surface area (Å²) in [4.78, 5) is 42.5. The number of rotatable bonds is 5. The number of amides is 2. The molecule has 6 N–H and O–H groups in total. The number of nitrogens with zero attached hydrogens (tertiary/aromatic N) is 1. The number of aryl methyl sites for hydroxylation is 1. The molecule has 2 aromatic rings. The van der Waals surface area contributed by atoms with Crippen LogP contribution >= 0.6 is 11.8 Å². The molecule has 1 aromatic carbocycles. The number of benzene rings is 1. The summed E-state index contributed by atoms with van der Waals surface area (Å²) in [5.74, 6) is 4.25. The molecule has 0 spiro atoms. The maximum atomic E-state index is 12.1. The van der Waals surface area contributed by atoms with Gasteiger partial charge < -0.3 is 15.6 Å². The number of aromatic amines is 1. The highest BCUT2D eigenvalue weighted by atomic mass is 32.2. The maximum Gasteiger partial charge on any atom is 0.274 e. The van der Waals surface area contributed by atoms with Crippen LogP contribution < -0.4 is 27.5 Å². The zero-order chi connectivity index (χ0) is 18.6. The van der Waals surface area contributed by atoms with Crippen LogP contribution in [-0.4, -0.2) is 35.1 Å². The van der Waals surface area contributed by atoms with Gasteiger partial charge in [0.05, 0.1) is 0 Å². The molecule has 0 fully saturated rings. The number of hydrazine groups is 1. The van der Waals surface area contributed by atoms with Crippen molar-refractivity contribution in [3.05, 3.63) is 45.2 Å². The van der Waals surface area contributed by atoms with Crippen LogP contribution in [0.5, 0.6) is 0 Å². The first-order valence-electron chi connectivity index (χ1n) is 7.20. The third kappa shape index (κ3) is 3.98. The monoisotopic (exact) mass is 362 g/mol. The highest BCUT2D eigenvalue weighted by Crippen LogP contribution is 2.21. The van der Waals surface area contributed by atoms with Gasteiger partial charge in [0, 0.05) is 18.3 Å². The van der Waals surface area contributed by atoms with Crippen LogP contribution in [0.15, 0.2) is 28.2 Å². The number of hydrogen-bond acceptors (Lipinski definition) is 7. The molecule has 0 unspecified atom stereocenters. The summed E-state index contributed by atoms with van der Waals surface area (Å²) in [6.07, 6.45) is 1.74. The van der Waals surface area contributed by atoms with E-state index in [-0.39, 0.29) is 17.3 Å². The van der Waals surface area contributed by atoms with Crippen molar-refractivity contribution in [1.82, 2.24) is 20.7 Å². The molecule has 0 radical (unpaired) electrons. The predicted molar refractivity (Wildman–Crippen MR) is 96.1 cm³/mol. The lowest BCUT2D eigenvalue weighted by Gasteiger charge is -2.12. The van der Waals surface area contributed by atoms with Crippen LogP contribution in [0.25, 0.3) is 0 Å². The smallest absolute Gasteiger partial charge is 0.274 e. The fourth-order valence-corrected chi connectivity index (χ4v) is 2.57. The van der Waals surface area contributed by atoms with Crippen LogP contribution in [0.2, 0.25) is 0 Å². The van der Waals surface area contributed by atoms with E-state index < -0.39 is 11.5 Å². The van der Waals surface area contributed by atoms with Crippen molar-refractivity contribution in [2.24, 2.45) is 5.84 Å². The van der Waals surface area contributed by atoms with Crippen molar-refractivity contribution in [3.63, 3.8) is 0 Å². The molecule has 0 saturated heterocycles. The standard InChI is InChI=1S/C15H18N6O3S/c1-7-6-8(4-5-9(7)12(22)17-2)18-11-10(14(24)21-16)13(23)20-15(19-11)25-3/h4-6H,16H2,1-3H3,(H,17,22)(H,21,24)(H2,18,19,20,23). The van der Waals surface area contributed by atoms with Gasteiger partial charge >= 0.3 is 0 Å². The molecule has 9 nitrogen and oxygen atoms in total. The molecule has 0 aliphatic heterocycles. The first-order valence-corrected chi connectivity index (χ1v) is 8.42. The first-order chi connectivity index (χ1) is 11.9. The molecular weight excluding hydrogens is 344 g/mol. The topological polar surface area (TPSA) is 142 Å². The minimum absolute atomic E-state index is 0.0724. The second-order valence-electron chi connectivity index (χ2n) is 5.01. The highest BCUT2D eigenvalue weighted by Gasteiger charge is 2.19. The van der Waals surface area contributed by atoms with Gasteiger partial charge in [-0.2, -0.15) is 0 Å². The lowest BCUT2D eigenvalue weighted by atomic mass is 10.1. The Morgan fingerprint density at radius 3 is 2.56 bits per heavy atom. The largest absolute Gasteiger partial charge is 0.355 e. The fraction of sp³-hybridized carbons (Fsp3) is 0.200. The molecule has 1 heterocycles. The number of carbonyl (C=O) groups is 2. The van der Waals surface area contributed by atoms with Gasteiger partial charge in [0.1, 0.15) is 5.56 Å². The Kier molecular flexibility index (Phi) is 5.78. The van der Waals surface area contributed by atoms with E-state index >= 15 is 0 Å². The van der Waals surface area contributed by atoms with Crippen molar-refractivity contribution >= 4 is 35.1 Å². The van der Waals surface area contributed by atoms with Gasteiger partial charge in [0.2, 0.25) is 0 Å². The maximum absolute atomic E-state index is 12.1. The Bertz CT molecular complexity index is 880. The van der Waals surface area contributed by atoms with Gasteiger partial charge in [-0.3, -0.25) is 19.8 Å². The summed E-state index contributed by atoms with van der Waals surface area (Å²) in [7, 11) is 1.55. The van der Waals surface area contributed by atoms with Crippen molar-refractivity contribution in [2.45, 2.75) is 12.1 Å². The van der Waals surface area contributed by atoms with Crippen LogP contribution in [0.3, 0.4) is 0 Å². The number of thioether (sulfide) groups is 1. The van der Waals surface area contributed by atoms with Crippen LogP contribution in [0, 0.1) is 6.92 Å². The Morgan fingerprint density at radius 2 is 2.00 bits per heavy atom. The summed E-state index contributed by atoms with van der Waals surface area (Å²) >= 11 is 1.23. The van der Waals surface area contributed by atoms with E-state index in [0.29, 0.717) is 16.4 Å². The molecule has 0 aliphatic rings. The molecular formula is C15H18N6O3S. The van der Waals surface area contributed by atoms with Gasteiger partial charge in [0.15, 0.2) is 11.0 Å². The molecule has 1 aromatic heterocycles. The Morgan fingerprint density at radius 1 is 1.28 bits per heavy atom. The third-order valence-electron chi connectivity index (χ3n) is 3.41. The van der Waals surface area contributed by atoms with Gasteiger partial charge in [-0.1, -0.05) is 11.8 Å². The summed E-state index contributed by atoms with van der Waals surface area (Å²) < 4.78 is 0.